The molecule has 1 heterocycles. The van der Waals surface area contributed by atoms with Crippen LogP contribution in [0.3, 0.4) is 0 Å². The van der Waals surface area contributed by atoms with E-state index in [4.69, 9.17) is 0 Å². The second kappa shape index (κ2) is 5.04. The lowest BCUT2D eigenvalue weighted by Crippen LogP contribution is -2.35. The molecule has 17 heavy (non-hydrogen) atoms. The first-order valence-corrected chi connectivity index (χ1v) is 6.85. The molecule has 5 heteroatoms. The Morgan fingerprint density at radius 3 is 2.94 bits per heavy atom. The molecule has 0 unspecified atom stereocenters. The van der Waals surface area contributed by atoms with Crippen LogP contribution in [-0.4, -0.2) is 24.6 Å². The average Bonchev–Trinajstić information content (AvgIpc) is 2.76. The molecule has 1 aromatic heterocycles. The van der Waals surface area contributed by atoms with Crippen molar-refractivity contribution in [1.29, 1.82) is 0 Å². The Morgan fingerprint density at radius 1 is 1.65 bits per heavy atom. The topological polar surface area (TPSA) is 51.2 Å². The van der Waals surface area contributed by atoms with Gasteiger partial charge in [-0.1, -0.05) is 13.3 Å². The molecule has 4 nitrogen and oxygen atoms in total. The van der Waals surface area contributed by atoms with Crippen LogP contribution in [-0.2, 0) is 4.74 Å². The van der Waals surface area contributed by atoms with E-state index in [-0.39, 0.29) is 5.97 Å². The Morgan fingerprint density at radius 2 is 2.41 bits per heavy atom. The first-order valence-electron chi connectivity index (χ1n) is 5.97. The number of anilines is 1. The minimum absolute atomic E-state index is 0.372. The van der Waals surface area contributed by atoms with E-state index in [1.807, 2.05) is 0 Å². The lowest BCUT2D eigenvalue weighted by Gasteiger charge is -2.41. The number of carbonyl (C=O) groups excluding carboxylic acids is 1. The van der Waals surface area contributed by atoms with Crippen LogP contribution in [0.1, 0.15) is 43.1 Å². The highest BCUT2D eigenvalue weighted by molar-refractivity contribution is 7.13. The highest BCUT2D eigenvalue weighted by Gasteiger charge is 2.34. The van der Waals surface area contributed by atoms with Gasteiger partial charge in [0.2, 0.25) is 0 Å². The standard InChI is InChI=1S/C12H18N2O2S/c1-3-12(5-4-6-12)8-13-11-14-9(7-17-11)10(15)16-2/h7H,3-6,8H2,1-2H3,(H,13,14). The van der Waals surface area contributed by atoms with Gasteiger partial charge >= 0.3 is 5.97 Å². The van der Waals surface area contributed by atoms with Crippen molar-refractivity contribution < 1.29 is 9.53 Å². The fraction of sp³-hybridized carbons (Fsp3) is 0.667. The molecule has 94 valence electrons. The number of carbonyl (C=O) groups is 1. The maximum Gasteiger partial charge on any atom is 0.357 e. The van der Waals surface area contributed by atoms with E-state index >= 15 is 0 Å². The average molecular weight is 254 g/mol. The van der Waals surface area contributed by atoms with E-state index in [1.54, 1.807) is 5.38 Å². The van der Waals surface area contributed by atoms with Crippen LogP contribution in [0.15, 0.2) is 5.38 Å². The quantitative estimate of drug-likeness (QED) is 0.821. The fourth-order valence-electron chi connectivity index (χ4n) is 2.15. The van der Waals surface area contributed by atoms with Crippen molar-refractivity contribution in [1.82, 2.24) is 4.98 Å². The zero-order valence-electron chi connectivity index (χ0n) is 10.3. The predicted molar refractivity (Wildman–Crippen MR) is 68.5 cm³/mol. The maximum atomic E-state index is 11.2. The molecular weight excluding hydrogens is 236 g/mol. The number of methoxy groups -OCH3 is 1. The molecule has 0 amide bonds. The number of nitrogens with one attached hydrogen (secondary N) is 1. The third kappa shape index (κ3) is 2.60. The van der Waals surface area contributed by atoms with E-state index in [2.05, 4.69) is 22.0 Å². The van der Waals surface area contributed by atoms with Gasteiger partial charge in [-0.15, -0.1) is 11.3 Å². The monoisotopic (exact) mass is 254 g/mol. The largest absolute Gasteiger partial charge is 0.464 e. The first kappa shape index (κ1) is 12.4. The minimum atomic E-state index is -0.372. The predicted octanol–water partition coefficient (Wildman–Crippen LogP) is 2.92. The Bertz CT molecular complexity index is 393. The number of aromatic nitrogens is 1. The van der Waals surface area contributed by atoms with E-state index < -0.39 is 0 Å². The molecular formula is C12H18N2O2S. The zero-order valence-corrected chi connectivity index (χ0v) is 11.1. The van der Waals surface area contributed by atoms with Gasteiger partial charge in [0, 0.05) is 11.9 Å². The van der Waals surface area contributed by atoms with E-state index in [0.29, 0.717) is 11.1 Å². The number of thiazole rings is 1. The highest BCUT2D eigenvalue weighted by Crippen LogP contribution is 2.43. The van der Waals surface area contributed by atoms with Crippen LogP contribution in [0.25, 0.3) is 0 Å². The second-order valence-electron chi connectivity index (χ2n) is 4.59. The normalized spacial score (nSPS) is 17.3. The molecule has 1 aliphatic carbocycles. The second-order valence-corrected chi connectivity index (χ2v) is 5.45. The molecule has 0 spiro atoms. The van der Waals surface area contributed by atoms with Crippen LogP contribution >= 0.6 is 11.3 Å². The number of hydrogen-bond donors (Lipinski definition) is 1. The molecule has 1 fully saturated rings. The lowest BCUT2D eigenvalue weighted by atomic mass is 9.67. The molecule has 0 aliphatic heterocycles. The molecule has 1 aromatic rings. The number of hydrogen-bond acceptors (Lipinski definition) is 5. The maximum absolute atomic E-state index is 11.2. The van der Waals surface area contributed by atoms with Gasteiger partial charge < -0.3 is 10.1 Å². The Labute approximate surface area is 105 Å². The van der Waals surface area contributed by atoms with Crippen molar-refractivity contribution >= 4 is 22.4 Å². The van der Waals surface area contributed by atoms with Crippen LogP contribution in [0.5, 0.6) is 0 Å². The van der Waals surface area contributed by atoms with Crippen molar-refractivity contribution in [3.8, 4) is 0 Å². The summed E-state index contributed by atoms with van der Waals surface area (Å²) in [4.78, 5) is 15.5. The Kier molecular flexibility index (Phi) is 3.66. The van der Waals surface area contributed by atoms with Crippen LogP contribution in [0.2, 0.25) is 0 Å². The minimum Gasteiger partial charge on any atom is -0.464 e. The van der Waals surface area contributed by atoms with Crippen LogP contribution in [0, 0.1) is 5.41 Å². The van der Waals surface area contributed by atoms with Crippen molar-refractivity contribution in [2.75, 3.05) is 19.0 Å². The van der Waals surface area contributed by atoms with E-state index in [9.17, 15) is 4.79 Å². The number of rotatable bonds is 5. The Balaban J connectivity index is 1.91. The van der Waals surface area contributed by atoms with Gasteiger partial charge in [0.15, 0.2) is 10.8 Å². The van der Waals surface area contributed by atoms with Gasteiger partial charge in [-0.05, 0) is 24.7 Å². The number of ether oxygens (including phenoxy) is 1. The molecule has 0 bridgehead atoms. The highest BCUT2D eigenvalue weighted by atomic mass is 32.1. The summed E-state index contributed by atoms with van der Waals surface area (Å²) < 4.78 is 4.63. The Hall–Kier alpha value is -1.10. The van der Waals surface area contributed by atoms with Gasteiger partial charge in [-0.3, -0.25) is 0 Å². The summed E-state index contributed by atoms with van der Waals surface area (Å²) in [7, 11) is 1.37. The van der Waals surface area contributed by atoms with Gasteiger partial charge in [-0.2, -0.15) is 0 Å². The molecule has 0 atom stereocenters. The molecule has 2 rings (SSSR count). The smallest absolute Gasteiger partial charge is 0.357 e. The summed E-state index contributed by atoms with van der Waals surface area (Å²) in [5, 5.41) is 5.88. The SMILES string of the molecule is CCC1(CNc2nc(C(=O)OC)cs2)CCC1. The van der Waals surface area contributed by atoms with Crippen molar-refractivity contribution in [2.45, 2.75) is 32.6 Å². The van der Waals surface area contributed by atoms with Gasteiger partial charge in [0.25, 0.3) is 0 Å². The summed E-state index contributed by atoms with van der Waals surface area (Å²) >= 11 is 1.46. The van der Waals surface area contributed by atoms with Crippen molar-refractivity contribution in [3.63, 3.8) is 0 Å². The molecule has 1 saturated carbocycles. The molecule has 0 radical (unpaired) electrons. The molecule has 1 aliphatic rings. The fourth-order valence-corrected chi connectivity index (χ4v) is 2.83. The molecule has 1 N–H and O–H groups in total. The van der Waals surface area contributed by atoms with E-state index in [0.717, 1.165) is 11.7 Å². The third-order valence-electron chi connectivity index (χ3n) is 3.68. The van der Waals surface area contributed by atoms with E-state index in [1.165, 1.54) is 44.1 Å². The third-order valence-corrected chi connectivity index (χ3v) is 4.48. The summed E-state index contributed by atoms with van der Waals surface area (Å²) in [6, 6.07) is 0. The van der Waals surface area contributed by atoms with Gasteiger partial charge in [0.1, 0.15) is 0 Å². The summed E-state index contributed by atoms with van der Waals surface area (Å²) in [6.45, 7) is 3.19. The first-order chi connectivity index (χ1) is 8.19. The zero-order chi connectivity index (χ0) is 12.3. The van der Waals surface area contributed by atoms with Gasteiger partial charge in [0.05, 0.1) is 7.11 Å². The summed E-state index contributed by atoms with van der Waals surface area (Å²) in [5.74, 6) is -0.372. The van der Waals surface area contributed by atoms with Crippen LogP contribution < -0.4 is 5.32 Å². The van der Waals surface area contributed by atoms with Crippen molar-refractivity contribution in [3.05, 3.63) is 11.1 Å². The van der Waals surface area contributed by atoms with Crippen molar-refractivity contribution in [2.24, 2.45) is 5.41 Å². The lowest BCUT2D eigenvalue weighted by molar-refractivity contribution is 0.0595. The molecule has 0 saturated heterocycles. The number of esters is 1. The number of nitrogens with zero attached hydrogens (tertiary/aromatic N) is 1. The summed E-state index contributed by atoms with van der Waals surface area (Å²) in [5.41, 5.74) is 0.844. The van der Waals surface area contributed by atoms with Gasteiger partial charge in [-0.25, -0.2) is 9.78 Å². The molecule has 0 aromatic carbocycles. The summed E-state index contributed by atoms with van der Waals surface area (Å²) in [6.07, 6.45) is 5.13. The van der Waals surface area contributed by atoms with Crippen LogP contribution in [0.4, 0.5) is 5.13 Å².